The molecule has 2 aliphatic rings. The minimum Gasteiger partial charge on any atom is -0.493 e. The van der Waals surface area contributed by atoms with Gasteiger partial charge in [-0.15, -0.1) is 0 Å². The number of thiazole rings is 1. The van der Waals surface area contributed by atoms with Crippen molar-refractivity contribution in [1.29, 1.82) is 0 Å². The summed E-state index contributed by atoms with van der Waals surface area (Å²) in [5.41, 5.74) is 3.06. The Bertz CT molecular complexity index is 1990. The number of ether oxygens (including phenoxy) is 3. The van der Waals surface area contributed by atoms with Crippen molar-refractivity contribution in [3.05, 3.63) is 84.0 Å². The smallest absolute Gasteiger partial charge is 0.338 e. The molecule has 1 saturated heterocycles. The van der Waals surface area contributed by atoms with Crippen LogP contribution in [-0.4, -0.2) is 47.3 Å². The first kappa shape index (κ1) is 32.8. The number of hydrogen-bond acceptors (Lipinski definition) is 10. The number of thiocarbonyl (C=S) groups is 1. The number of esters is 1. The maximum absolute atomic E-state index is 14.2. The van der Waals surface area contributed by atoms with Gasteiger partial charge in [-0.1, -0.05) is 23.5 Å². The Balaban J connectivity index is 1.65. The molecule has 3 heterocycles. The number of aryl methyl sites for hydroxylation is 2. The van der Waals surface area contributed by atoms with Gasteiger partial charge in [0.25, 0.3) is 5.56 Å². The lowest BCUT2D eigenvalue weighted by Crippen LogP contribution is -2.58. The minimum absolute atomic E-state index is 0.0436. The first-order valence-corrected chi connectivity index (χ1v) is 15.9. The SMILES string of the molecule is CCOC(=O)C1=C(C)N=c2s/c(=C/[C@@H]3C(=O)NC(=S)N(c4ccc(C)c(C)c4)C3=O)c(=O)n2[C@@H]1c1ccc(OC(C)C)c(OC)c1. The molecule has 1 aromatic heterocycles. The highest BCUT2D eigenvalue weighted by Crippen LogP contribution is 2.36. The van der Waals surface area contributed by atoms with E-state index in [0.717, 1.165) is 22.5 Å². The summed E-state index contributed by atoms with van der Waals surface area (Å²) < 4.78 is 18.3. The lowest BCUT2D eigenvalue weighted by atomic mass is 9.95. The number of amides is 2. The first-order valence-electron chi connectivity index (χ1n) is 14.7. The summed E-state index contributed by atoms with van der Waals surface area (Å²) in [6.45, 7) is 11.1. The molecule has 0 unspecified atom stereocenters. The molecule has 2 aliphatic heterocycles. The number of benzene rings is 2. The van der Waals surface area contributed by atoms with Crippen LogP contribution in [0.15, 0.2) is 57.5 Å². The van der Waals surface area contributed by atoms with Crippen LogP contribution < -0.4 is 34.6 Å². The molecule has 11 nitrogen and oxygen atoms in total. The first-order chi connectivity index (χ1) is 21.9. The number of nitrogens with one attached hydrogen (secondary N) is 1. The second-order valence-electron chi connectivity index (χ2n) is 11.1. The van der Waals surface area contributed by atoms with Crippen LogP contribution in [0.5, 0.6) is 11.5 Å². The van der Waals surface area contributed by atoms with Gasteiger partial charge in [-0.05, 0) is 101 Å². The van der Waals surface area contributed by atoms with Gasteiger partial charge >= 0.3 is 5.97 Å². The van der Waals surface area contributed by atoms with Crippen molar-refractivity contribution >= 4 is 58.2 Å². The van der Waals surface area contributed by atoms with Gasteiger partial charge in [-0.3, -0.25) is 23.9 Å². The summed E-state index contributed by atoms with van der Waals surface area (Å²) >= 11 is 6.37. The van der Waals surface area contributed by atoms with Gasteiger partial charge in [0, 0.05) is 0 Å². The minimum atomic E-state index is -1.34. The molecule has 1 fully saturated rings. The van der Waals surface area contributed by atoms with E-state index in [1.165, 1.54) is 22.7 Å². The van der Waals surface area contributed by atoms with E-state index >= 15 is 0 Å². The third-order valence-electron chi connectivity index (χ3n) is 7.65. The number of carbonyl (C=O) groups excluding carboxylic acids is 3. The van der Waals surface area contributed by atoms with E-state index in [2.05, 4.69) is 10.3 Å². The van der Waals surface area contributed by atoms with Crippen molar-refractivity contribution in [2.45, 2.75) is 53.7 Å². The number of aromatic nitrogens is 1. The van der Waals surface area contributed by atoms with Gasteiger partial charge in [0.1, 0.15) is 5.92 Å². The zero-order valence-corrected chi connectivity index (χ0v) is 28.1. The third-order valence-corrected chi connectivity index (χ3v) is 8.94. The molecule has 5 rings (SSSR count). The molecule has 0 saturated carbocycles. The number of allylic oxidation sites excluding steroid dienone is 1. The van der Waals surface area contributed by atoms with Crippen molar-refractivity contribution in [3.8, 4) is 11.5 Å². The largest absolute Gasteiger partial charge is 0.493 e. The van der Waals surface area contributed by atoms with E-state index in [9.17, 15) is 19.2 Å². The molecular formula is C33H34N4O7S2. The zero-order chi connectivity index (χ0) is 33.4. The van der Waals surface area contributed by atoms with Crippen molar-refractivity contribution in [1.82, 2.24) is 9.88 Å². The van der Waals surface area contributed by atoms with Crippen LogP contribution in [0.2, 0.25) is 0 Å². The van der Waals surface area contributed by atoms with Gasteiger partial charge in [0.2, 0.25) is 11.8 Å². The molecule has 240 valence electrons. The normalized spacial score (nSPS) is 18.4. The Morgan fingerprint density at radius 2 is 1.83 bits per heavy atom. The van der Waals surface area contributed by atoms with E-state index in [1.807, 2.05) is 39.8 Å². The van der Waals surface area contributed by atoms with E-state index in [1.54, 1.807) is 38.1 Å². The summed E-state index contributed by atoms with van der Waals surface area (Å²) in [6.07, 6.45) is 1.22. The molecule has 2 amide bonds. The van der Waals surface area contributed by atoms with Crippen molar-refractivity contribution < 1.29 is 28.6 Å². The average molecular weight is 663 g/mol. The molecule has 0 aliphatic carbocycles. The lowest BCUT2D eigenvalue weighted by molar-refractivity contribution is -0.139. The predicted octanol–water partition coefficient (Wildman–Crippen LogP) is 3.23. The molecular weight excluding hydrogens is 629 g/mol. The number of rotatable bonds is 8. The summed E-state index contributed by atoms with van der Waals surface area (Å²) in [6, 6.07) is 9.67. The number of fused-ring (bicyclic) bond motifs is 1. The van der Waals surface area contributed by atoms with Gasteiger partial charge in [0.05, 0.1) is 47.4 Å². The Hall–Kier alpha value is -4.62. The lowest BCUT2D eigenvalue weighted by Gasteiger charge is -2.31. The van der Waals surface area contributed by atoms with Gasteiger partial charge in [0.15, 0.2) is 21.4 Å². The number of nitrogens with zero attached hydrogens (tertiary/aromatic N) is 3. The maximum Gasteiger partial charge on any atom is 0.338 e. The summed E-state index contributed by atoms with van der Waals surface area (Å²) in [5, 5.41) is 2.55. The highest BCUT2D eigenvalue weighted by atomic mass is 32.1. The van der Waals surface area contributed by atoms with E-state index in [4.69, 9.17) is 26.4 Å². The van der Waals surface area contributed by atoms with E-state index in [-0.39, 0.29) is 27.9 Å². The molecule has 0 radical (unpaired) electrons. The Morgan fingerprint density at radius 1 is 1.09 bits per heavy atom. The topological polar surface area (TPSA) is 129 Å². The third kappa shape index (κ3) is 5.99. The monoisotopic (exact) mass is 662 g/mol. The zero-order valence-electron chi connectivity index (χ0n) is 26.5. The fourth-order valence-electron chi connectivity index (χ4n) is 5.32. The average Bonchev–Trinajstić information content (AvgIpc) is 3.30. The van der Waals surface area contributed by atoms with Crippen LogP contribution in [0.1, 0.15) is 50.4 Å². The highest BCUT2D eigenvalue weighted by Gasteiger charge is 2.39. The molecule has 0 spiro atoms. The molecule has 0 bridgehead atoms. The van der Waals surface area contributed by atoms with Crippen LogP contribution in [0.4, 0.5) is 5.69 Å². The van der Waals surface area contributed by atoms with E-state index in [0.29, 0.717) is 33.2 Å². The fourth-order valence-corrected chi connectivity index (χ4v) is 6.68. The second-order valence-corrected chi connectivity index (χ2v) is 12.5. The van der Waals surface area contributed by atoms with Crippen LogP contribution >= 0.6 is 23.6 Å². The van der Waals surface area contributed by atoms with Crippen LogP contribution in [0, 0.1) is 19.8 Å². The van der Waals surface area contributed by atoms with Crippen molar-refractivity contribution in [3.63, 3.8) is 0 Å². The fraction of sp³-hybridized carbons (Fsp3) is 0.333. The Morgan fingerprint density at radius 3 is 2.48 bits per heavy atom. The van der Waals surface area contributed by atoms with Crippen LogP contribution in [0.25, 0.3) is 6.08 Å². The number of anilines is 1. The van der Waals surface area contributed by atoms with Crippen LogP contribution in [0.3, 0.4) is 0 Å². The van der Waals surface area contributed by atoms with Gasteiger partial charge in [-0.2, -0.15) is 0 Å². The Kier molecular flexibility index (Phi) is 9.27. The summed E-state index contributed by atoms with van der Waals surface area (Å²) in [7, 11) is 1.50. The molecule has 3 aromatic rings. The number of hydrogen-bond donors (Lipinski definition) is 1. The summed E-state index contributed by atoms with van der Waals surface area (Å²) in [5.74, 6) is -2.28. The molecule has 1 N–H and O–H groups in total. The van der Waals surface area contributed by atoms with Gasteiger partial charge < -0.3 is 19.5 Å². The second kappa shape index (κ2) is 13.0. The predicted molar refractivity (Wildman–Crippen MR) is 178 cm³/mol. The standard InChI is InChI=1S/C33H34N4O7S2/c1-8-43-31(41)26-19(6)34-33-37(27(26)20-10-12-23(44-16(2)3)24(14-20)42-7)30(40)25(46-33)15-22-28(38)35-32(45)36(29(22)39)21-11-9-17(4)18(5)13-21/h9-16,22,27H,8H2,1-7H3,(H,35,38,45)/b25-15+/t22-,27-/m1/s1. The number of carbonyl (C=O) groups is 3. The molecule has 46 heavy (non-hydrogen) atoms. The molecule has 2 aromatic carbocycles. The molecule has 2 atom stereocenters. The molecule has 13 heteroatoms. The van der Waals surface area contributed by atoms with Crippen LogP contribution in [-0.2, 0) is 19.1 Å². The van der Waals surface area contributed by atoms with Crippen molar-refractivity contribution in [2.75, 3.05) is 18.6 Å². The van der Waals surface area contributed by atoms with Crippen molar-refractivity contribution in [2.24, 2.45) is 10.9 Å². The maximum atomic E-state index is 14.2. The Labute approximate surface area is 274 Å². The highest BCUT2D eigenvalue weighted by molar-refractivity contribution is 7.80. The summed E-state index contributed by atoms with van der Waals surface area (Å²) in [4.78, 5) is 60.4. The van der Waals surface area contributed by atoms with E-state index < -0.39 is 35.3 Å². The van der Waals surface area contributed by atoms with Gasteiger partial charge in [-0.25, -0.2) is 9.79 Å². The quantitative estimate of drug-likeness (QED) is 0.221. The number of methoxy groups -OCH3 is 1.